The number of carbonyl (C=O) groups is 1. The summed E-state index contributed by atoms with van der Waals surface area (Å²) in [4.78, 5) is 16.8. The second-order valence-corrected chi connectivity index (χ2v) is 7.96. The summed E-state index contributed by atoms with van der Waals surface area (Å²) in [5, 5.41) is 2.90. The van der Waals surface area contributed by atoms with Gasteiger partial charge in [-0.3, -0.25) is 9.78 Å². The zero-order chi connectivity index (χ0) is 22.6. The first kappa shape index (κ1) is 20.7. The Morgan fingerprint density at radius 1 is 1.03 bits per heavy atom. The van der Waals surface area contributed by atoms with Crippen LogP contribution in [0.3, 0.4) is 0 Å². The summed E-state index contributed by atoms with van der Waals surface area (Å²) in [6.45, 7) is 0.388. The van der Waals surface area contributed by atoms with Crippen LogP contribution < -0.4 is 15.8 Å². The number of nitrogens with zero attached hydrogens (tertiary/aromatic N) is 1. The maximum atomic E-state index is 12.5. The average molecular weight is 437 g/mol. The van der Waals surface area contributed by atoms with Gasteiger partial charge in [0.1, 0.15) is 18.1 Å². The Bertz CT molecular complexity index is 1300. The minimum absolute atomic E-state index is 0.123. The van der Waals surface area contributed by atoms with Gasteiger partial charge in [-0.1, -0.05) is 36.4 Å². The third-order valence-corrected chi connectivity index (χ3v) is 5.48. The molecule has 0 aliphatic carbocycles. The van der Waals surface area contributed by atoms with Crippen LogP contribution in [-0.4, -0.2) is 23.5 Å². The van der Waals surface area contributed by atoms with E-state index in [1.807, 2.05) is 48.5 Å². The van der Waals surface area contributed by atoms with Gasteiger partial charge >= 0.3 is 0 Å². The first-order chi connectivity index (χ1) is 16.2. The molecule has 6 nitrogen and oxygen atoms in total. The number of ether oxygens (including phenoxy) is 1. The highest BCUT2D eigenvalue weighted by atomic mass is 16.5. The quantitative estimate of drug-likeness (QED) is 0.406. The van der Waals surface area contributed by atoms with Crippen molar-refractivity contribution in [3.8, 4) is 16.9 Å². The molecule has 0 unspecified atom stereocenters. The third kappa shape index (κ3) is 4.71. The van der Waals surface area contributed by atoms with Gasteiger partial charge in [0, 0.05) is 29.1 Å². The molecule has 1 aliphatic rings. The summed E-state index contributed by atoms with van der Waals surface area (Å²) in [7, 11) is 0. The minimum atomic E-state index is -0.152. The molecule has 3 N–H and O–H groups in total. The van der Waals surface area contributed by atoms with E-state index in [0.29, 0.717) is 23.7 Å². The number of amides is 1. The van der Waals surface area contributed by atoms with Crippen molar-refractivity contribution in [2.75, 3.05) is 11.9 Å². The Morgan fingerprint density at radius 2 is 1.91 bits per heavy atom. The molecule has 2 aromatic carbocycles. The number of rotatable bonds is 7. The van der Waals surface area contributed by atoms with Crippen LogP contribution in [0.1, 0.15) is 16.9 Å². The number of furan rings is 1. The number of carbonyl (C=O) groups excluding carboxylic acids is 1. The summed E-state index contributed by atoms with van der Waals surface area (Å²) in [5.41, 5.74) is 11.4. The highest BCUT2D eigenvalue weighted by molar-refractivity contribution is 6.35. The molecule has 33 heavy (non-hydrogen) atoms. The van der Waals surface area contributed by atoms with Crippen LogP contribution in [0, 0.1) is 0 Å². The summed E-state index contributed by atoms with van der Waals surface area (Å²) < 4.78 is 11.3. The Labute approximate surface area is 191 Å². The molecule has 0 radical (unpaired) electrons. The van der Waals surface area contributed by atoms with Crippen LogP contribution in [-0.2, 0) is 11.2 Å². The second-order valence-electron chi connectivity index (χ2n) is 7.96. The topological polar surface area (TPSA) is 90.4 Å². The zero-order valence-electron chi connectivity index (χ0n) is 17.9. The van der Waals surface area contributed by atoms with E-state index < -0.39 is 0 Å². The van der Waals surface area contributed by atoms with Crippen molar-refractivity contribution in [1.82, 2.24) is 4.98 Å². The largest absolute Gasteiger partial charge is 0.490 e. The highest BCUT2D eigenvalue weighted by Gasteiger charge is 2.25. The molecule has 1 atom stereocenters. The summed E-state index contributed by atoms with van der Waals surface area (Å²) in [6, 6.07) is 21.4. The fraction of sp³-hybridized carbons (Fsp3) is 0.111. The molecule has 0 saturated heterocycles. The molecule has 0 fully saturated rings. The van der Waals surface area contributed by atoms with Crippen LogP contribution in [0.4, 0.5) is 5.69 Å². The van der Waals surface area contributed by atoms with E-state index >= 15 is 0 Å². The fourth-order valence-corrected chi connectivity index (χ4v) is 3.86. The molecule has 2 aromatic heterocycles. The van der Waals surface area contributed by atoms with Gasteiger partial charge in [-0.25, -0.2) is 0 Å². The van der Waals surface area contributed by atoms with E-state index in [-0.39, 0.29) is 11.9 Å². The summed E-state index contributed by atoms with van der Waals surface area (Å²) >= 11 is 0. The monoisotopic (exact) mass is 437 g/mol. The minimum Gasteiger partial charge on any atom is -0.490 e. The lowest BCUT2D eigenvalue weighted by Gasteiger charge is -2.14. The first-order valence-corrected chi connectivity index (χ1v) is 10.7. The number of hydrogen-bond acceptors (Lipinski definition) is 5. The van der Waals surface area contributed by atoms with Crippen LogP contribution in [0.15, 0.2) is 89.8 Å². The number of benzene rings is 2. The van der Waals surface area contributed by atoms with Gasteiger partial charge in [-0.05, 0) is 54.0 Å². The number of fused-ring (bicyclic) bond motifs is 1. The smallest absolute Gasteiger partial charge is 0.256 e. The summed E-state index contributed by atoms with van der Waals surface area (Å²) in [6.07, 6.45) is 7.53. The van der Waals surface area contributed by atoms with Crippen molar-refractivity contribution >= 4 is 23.2 Å². The van der Waals surface area contributed by atoms with Gasteiger partial charge in [0.15, 0.2) is 0 Å². The molecule has 0 saturated carbocycles. The number of anilines is 1. The van der Waals surface area contributed by atoms with Gasteiger partial charge in [0.25, 0.3) is 5.91 Å². The molecule has 1 amide bonds. The van der Waals surface area contributed by atoms with E-state index in [0.717, 1.165) is 28.8 Å². The van der Waals surface area contributed by atoms with Crippen LogP contribution in [0.25, 0.3) is 22.8 Å². The SMILES string of the molecule is N[C@@H](COc1cncc(-c2ccc3c(c2)C(=Cc2ccco2)C(=O)N3)c1)Cc1ccccc1. The molecular weight excluding hydrogens is 414 g/mol. The van der Waals surface area contributed by atoms with Crippen molar-refractivity contribution in [3.05, 3.63) is 102 Å². The molecule has 3 heterocycles. The van der Waals surface area contributed by atoms with Gasteiger partial charge in [-0.15, -0.1) is 0 Å². The second kappa shape index (κ2) is 9.14. The Kier molecular flexibility index (Phi) is 5.74. The van der Waals surface area contributed by atoms with E-state index in [1.54, 1.807) is 30.8 Å². The van der Waals surface area contributed by atoms with E-state index in [4.69, 9.17) is 14.9 Å². The van der Waals surface area contributed by atoms with Gasteiger partial charge in [0.2, 0.25) is 0 Å². The number of nitrogens with one attached hydrogen (secondary N) is 1. The molecule has 0 spiro atoms. The highest BCUT2D eigenvalue weighted by Crippen LogP contribution is 2.36. The predicted octanol–water partition coefficient (Wildman–Crippen LogP) is 4.78. The number of hydrogen-bond donors (Lipinski definition) is 2. The lowest BCUT2D eigenvalue weighted by molar-refractivity contribution is -0.110. The van der Waals surface area contributed by atoms with Crippen molar-refractivity contribution < 1.29 is 13.9 Å². The van der Waals surface area contributed by atoms with E-state index in [9.17, 15) is 4.79 Å². The zero-order valence-corrected chi connectivity index (χ0v) is 17.9. The first-order valence-electron chi connectivity index (χ1n) is 10.7. The molecule has 5 rings (SSSR count). The fourth-order valence-electron chi connectivity index (χ4n) is 3.86. The number of nitrogens with two attached hydrogens (primary N) is 1. The Morgan fingerprint density at radius 3 is 2.73 bits per heavy atom. The van der Waals surface area contributed by atoms with Crippen molar-refractivity contribution in [3.63, 3.8) is 0 Å². The van der Waals surface area contributed by atoms with E-state index in [1.165, 1.54) is 5.56 Å². The number of pyridine rings is 1. The Hall–Kier alpha value is -4.16. The van der Waals surface area contributed by atoms with Gasteiger partial charge in [-0.2, -0.15) is 0 Å². The molecule has 0 bridgehead atoms. The average Bonchev–Trinajstić information content (AvgIpc) is 3.46. The lowest BCUT2D eigenvalue weighted by Crippen LogP contribution is -2.30. The van der Waals surface area contributed by atoms with Crippen molar-refractivity contribution in [2.24, 2.45) is 5.73 Å². The van der Waals surface area contributed by atoms with Crippen molar-refractivity contribution in [1.29, 1.82) is 0 Å². The molecule has 164 valence electrons. The van der Waals surface area contributed by atoms with E-state index in [2.05, 4.69) is 22.4 Å². The Balaban J connectivity index is 1.33. The third-order valence-electron chi connectivity index (χ3n) is 5.48. The molecule has 6 heteroatoms. The van der Waals surface area contributed by atoms with Crippen LogP contribution in [0.5, 0.6) is 5.75 Å². The normalized spacial score (nSPS) is 14.7. The lowest BCUT2D eigenvalue weighted by atomic mass is 10.00. The van der Waals surface area contributed by atoms with Crippen LogP contribution in [0.2, 0.25) is 0 Å². The maximum absolute atomic E-state index is 12.5. The molecular formula is C27H23N3O3. The number of aromatic nitrogens is 1. The predicted molar refractivity (Wildman–Crippen MR) is 128 cm³/mol. The van der Waals surface area contributed by atoms with Crippen molar-refractivity contribution in [2.45, 2.75) is 12.5 Å². The van der Waals surface area contributed by atoms with Gasteiger partial charge in [0.05, 0.1) is 18.0 Å². The molecule has 1 aliphatic heterocycles. The summed E-state index contributed by atoms with van der Waals surface area (Å²) in [5.74, 6) is 1.13. The van der Waals surface area contributed by atoms with Crippen LogP contribution >= 0.6 is 0 Å². The maximum Gasteiger partial charge on any atom is 0.256 e. The standard InChI is InChI=1S/C27H23N3O3/c28-21(11-18-5-2-1-3-6-18)17-33-23-12-20(15-29-16-23)19-8-9-26-24(13-19)25(27(31)30-26)14-22-7-4-10-32-22/h1-10,12-16,21H,11,17,28H2,(H,30,31)/t21-/m1/s1. The molecule has 4 aromatic rings. The van der Waals surface area contributed by atoms with Gasteiger partial charge < -0.3 is 20.2 Å².